The van der Waals surface area contributed by atoms with Crippen molar-refractivity contribution < 1.29 is 13.6 Å². The first kappa shape index (κ1) is 19.9. The fourth-order valence-corrected chi connectivity index (χ4v) is 4.92. The number of aromatic nitrogens is 1. The van der Waals surface area contributed by atoms with E-state index in [1.807, 2.05) is 42.3 Å². The van der Waals surface area contributed by atoms with Crippen LogP contribution < -0.4 is 0 Å². The average Bonchev–Trinajstić information content (AvgIpc) is 3.39. The highest BCUT2D eigenvalue weighted by molar-refractivity contribution is 5.97. The third-order valence-electron chi connectivity index (χ3n) is 6.42. The monoisotopic (exact) mass is 419 g/mol. The summed E-state index contributed by atoms with van der Waals surface area (Å²) in [5.74, 6) is 1.46. The zero-order valence-corrected chi connectivity index (χ0v) is 17.7. The van der Waals surface area contributed by atoms with Crippen molar-refractivity contribution in [3.63, 3.8) is 0 Å². The molecule has 0 radical (unpaired) electrons. The lowest BCUT2D eigenvalue weighted by Gasteiger charge is -2.28. The highest BCUT2D eigenvalue weighted by Gasteiger charge is 2.36. The Morgan fingerprint density at radius 3 is 2.84 bits per heavy atom. The molecule has 1 saturated heterocycles. The normalized spacial score (nSPS) is 18.9. The molecule has 1 amide bonds. The first-order chi connectivity index (χ1) is 15.1. The lowest BCUT2D eigenvalue weighted by atomic mass is 10.00. The topological polar surface area (TPSA) is 49.6 Å². The van der Waals surface area contributed by atoms with E-state index in [1.165, 1.54) is 12.1 Å². The van der Waals surface area contributed by atoms with Crippen molar-refractivity contribution in [3.8, 4) is 0 Å². The van der Waals surface area contributed by atoms with Crippen molar-refractivity contribution in [2.24, 2.45) is 0 Å². The van der Waals surface area contributed by atoms with Gasteiger partial charge in [-0.1, -0.05) is 18.2 Å². The number of hydrogen-bond acceptors (Lipinski definition) is 4. The van der Waals surface area contributed by atoms with Crippen molar-refractivity contribution in [1.82, 2.24) is 14.8 Å². The smallest absolute Gasteiger partial charge is 0.258 e. The van der Waals surface area contributed by atoms with E-state index in [9.17, 15) is 9.18 Å². The number of fused-ring (bicyclic) bond motifs is 1. The molecule has 1 unspecified atom stereocenters. The first-order valence-corrected chi connectivity index (χ1v) is 10.9. The van der Waals surface area contributed by atoms with Gasteiger partial charge in [-0.15, -0.1) is 0 Å². The van der Waals surface area contributed by atoms with E-state index in [2.05, 4.69) is 9.88 Å². The van der Waals surface area contributed by atoms with Gasteiger partial charge in [0, 0.05) is 50.6 Å². The number of likely N-dealkylation sites (tertiary alicyclic amines) is 1. The number of amides is 1. The minimum absolute atomic E-state index is 0.0532. The molecule has 2 aromatic heterocycles. The minimum atomic E-state index is -0.225. The molecule has 1 aromatic carbocycles. The van der Waals surface area contributed by atoms with Gasteiger partial charge < -0.3 is 9.32 Å². The largest absolute Gasteiger partial charge is 0.465 e. The van der Waals surface area contributed by atoms with E-state index < -0.39 is 0 Å². The van der Waals surface area contributed by atoms with Crippen LogP contribution in [0.2, 0.25) is 0 Å². The molecule has 4 heterocycles. The Balaban J connectivity index is 1.39. The van der Waals surface area contributed by atoms with Gasteiger partial charge in [-0.2, -0.15) is 0 Å². The summed E-state index contributed by atoms with van der Waals surface area (Å²) in [6.45, 7) is 4.88. The van der Waals surface area contributed by atoms with E-state index in [-0.39, 0.29) is 17.8 Å². The maximum atomic E-state index is 13.7. The predicted octanol–water partition coefficient (Wildman–Crippen LogP) is 4.66. The van der Waals surface area contributed by atoms with Crippen LogP contribution in [0.15, 0.2) is 53.2 Å². The molecular weight excluding hydrogens is 393 g/mol. The van der Waals surface area contributed by atoms with Crippen molar-refractivity contribution in [3.05, 3.63) is 88.4 Å². The molecule has 3 aromatic rings. The highest BCUT2D eigenvalue weighted by Crippen LogP contribution is 2.36. The number of hydrogen-bond donors (Lipinski definition) is 0. The third-order valence-corrected chi connectivity index (χ3v) is 6.42. The van der Waals surface area contributed by atoms with Gasteiger partial charge in [0.15, 0.2) is 0 Å². The van der Waals surface area contributed by atoms with Crippen molar-refractivity contribution in [1.29, 1.82) is 0 Å². The van der Waals surface area contributed by atoms with E-state index in [0.717, 1.165) is 66.9 Å². The summed E-state index contributed by atoms with van der Waals surface area (Å²) >= 11 is 0. The van der Waals surface area contributed by atoms with Gasteiger partial charge >= 0.3 is 0 Å². The molecule has 160 valence electrons. The van der Waals surface area contributed by atoms with Gasteiger partial charge in [0.25, 0.3) is 5.91 Å². The Hall–Kier alpha value is -2.99. The van der Waals surface area contributed by atoms with Gasteiger partial charge in [0.05, 0.1) is 11.6 Å². The zero-order chi connectivity index (χ0) is 21.4. The van der Waals surface area contributed by atoms with Crippen molar-refractivity contribution in [2.75, 3.05) is 13.1 Å². The van der Waals surface area contributed by atoms with E-state index in [0.29, 0.717) is 12.3 Å². The molecule has 6 heteroatoms. The van der Waals surface area contributed by atoms with Crippen LogP contribution in [0.25, 0.3) is 0 Å². The molecule has 5 rings (SSSR count). The Morgan fingerprint density at radius 2 is 2.06 bits per heavy atom. The number of pyridine rings is 1. The molecule has 2 aliphatic heterocycles. The summed E-state index contributed by atoms with van der Waals surface area (Å²) in [4.78, 5) is 22.2. The maximum Gasteiger partial charge on any atom is 0.258 e. The average molecular weight is 420 g/mol. The van der Waals surface area contributed by atoms with E-state index in [1.54, 1.807) is 6.20 Å². The van der Waals surface area contributed by atoms with E-state index >= 15 is 0 Å². The Morgan fingerprint density at radius 1 is 1.23 bits per heavy atom. The maximum absolute atomic E-state index is 13.7. The first-order valence-electron chi connectivity index (χ1n) is 10.9. The fourth-order valence-electron chi connectivity index (χ4n) is 4.92. The Labute approximate surface area is 181 Å². The van der Waals surface area contributed by atoms with Crippen LogP contribution >= 0.6 is 0 Å². The lowest BCUT2D eigenvalue weighted by molar-refractivity contribution is 0.0731. The lowest BCUT2D eigenvalue weighted by Crippen LogP contribution is -2.34. The van der Waals surface area contributed by atoms with Crippen LogP contribution in [0.1, 0.15) is 57.5 Å². The van der Waals surface area contributed by atoms with Crippen LogP contribution in [0.4, 0.5) is 4.39 Å². The summed E-state index contributed by atoms with van der Waals surface area (Å²) in [5.41, 5.74) is 3.87. The minimum Gasteiger partial charge on any atom is -0.465 e. The molecule has 0 bridgehead atoms. The second-order valence-electron chi connectivity index (χ2n) is 8.47. The second-order valence-corrected chi connectivity index (χ2v) is 8.47. The number of furan rings is 1. The predicted molar refractivity (Wildman–Crippen MR) is 115 cm³/mol. The molecule has 0 N–H and O–H groups in total. The molecule has 5 nitrogen and oxygen atoms in total. The second kappa shape index (κ2) is 8.27. The molecule has 2 aliphatic rings. The van der Waals surface area contributed by atoms with Crippen molar-refractivity contribution in [2.45, 2.75) is 45.3 Å². The highest BCUT2D eigenvalue weighted by atomic mass is 19.1. The Kier molecular flexibility index (Phi) is 5.32. The molecule has 0 spiro atoms. The quantitative estimate of drug-likeness (QED) is 0.617. The molecule has 1 fully saturated rings. The number of benzene rings is 1. The SMILES string of the molecule is Cc1oc2c(c1C(=O)N1CCCC1c1cccnc1)CN(Cc1ccc(F)cc1)CC2. The van der Waals surface area contributed by atoms with Gasteiger partial charge in [0.1, 0.15) is 17.3 Å². The van der Waals surface area contributed by atoms with Gasteiger partial charge in [-0.25, -0.2) is 4.39 Å². The zero-order valence-electron chi connectivity index (χ0n) is 17.7. The summed E-state index contributed by atoms with van der Waals surface area (Å²) in [6.07, 6.45) is 6.33. The molecule has 1 atom stereocenters. The molecule has 0 saturated carbocycles. The van der Waals surface area contributed by atoms with Crippen LogP contribution in [0.3, 0.4) is 0 Å². The summed E-state index contributed by atoms with van der Waals surface area (Å²) in [7, 11) is 0. The number of carbonyl (C=O) groups excluding carboxylic acids is 1. The van der Waals surface area contributed by atoms with Gasteiger partial charge in [0.2, 0.25) is 0 Å². The molecule has 31 heavy (non-hydrogen) atoms. The number of carbonyl (C=O) groups is 1. The summed E-state index contributed by atoms with van der Waals surface area (Å²) in [5, 5.41) is 0. The number of rotatable bonds is 4. The summed E-state index contributed by atoms with van der Waals surface area (Å²) < 4.78 is 19.3. The molecule has 0 aliphatic carbocycles. The molecular formula is C25H26FN3O2. The van der Waals surface area contributed by atoms with Crippen LogP contribution in [0, 0.1) is 12.7 Å². The Bertz CT molecular complexity index is 1080. The van der Waals surface area contributed by atoms with Crippen LogP contribution in [-0.4, -0.2) is 33.8 Å². The summed E-state index contributed by atoms with van der Waals surface area (Å²) in [6, 6.07) is 10.7. The number of nitrogens with zero attached hydrogens (tertiary/aromatic N) is 3. The number of aryl methyl sites for hydroxylation is 1. The van der Waals surface area contributed by atoms with Crippen LogP contribution in [0.5, 0.6) is 0 Å². The number of halogens is 1. The standard InChI is InChI=1S/C25H26FN3O2/c1-17-24(25(30)29-12-3-5-22(29)19-4-2-11-27-14-19)21-16-28(13-10-23(21)31-17)15-18-6-8-20(26)9-7-18/h2,4,6-9,11,14,22H,3,5,10,12-13,15-16H2,1H3. The van der Waals surface area contributed by atoms with Crippen LogP contribution in [-0.2, 0) is 19.5 Å². The third kappa shape index (κ3) is 3.88. The van der Waals surface area contributed by atoms with Crippen molar-refractivity contribution >= 4 is 5.91 Å². The van der Waals surface area contributed by atoms with Gasteiger partial charge in [-0.05, 0) is 49.1 Å². The van der Waals surface area contributed by atoms with E-state index in [4.69, 9.17) is 4.42 Å². The fraction of sp³-hybridized carbons (Fsp3) is 0.360. The van der Waals surface area contributed by atoms with Gasteiger partial charge in [-0.3, -0.25) is 14.7 Å².